The van der Waals surface area contributed by atoms with E-state index in [9.17, 15) is 4.79 Å². The van der Waals surface area contributed by atoms with Gasteiger partial charge in [0.1, 0.15) is 5.60 Å². The monoisotopic (exact) mass is 294 g/mol. The van der Waals surface area contributed by atoms with Gasteiger partial charge in [-0.3, -0.25) is 0 Å². The fourth-order valence-electron chi connectivity index (χ4n) is 2.14. The Hall–Kier alpha value is -1.00. The predicted octanol–water partition coefficient (Wildman–Crippen LogP) is 3.53. The van der Waals surface area contributed by atoms with Gasteiger partial charge in [-0.1, -0.05) is 18.2 Å². The molecule has 1 aromatic rings. The minimum atomic E-state index is -0.458. The number of thioether (sulfide) groups is 1. The number of hydrogen-bond acceptors (Lipinski definition) is 4. The lowest BCUT2D eigenvalue weighted by atomic mass is 10.0. The van der Waals surface area contributed by atoms with Crippen molar-refractivity contribution in [2.75, 3.05) is 12.4 Å². The highest BCUT2D eigenvalue weighted by molar-refractivity contribution is 7.99. The minimum absolute atomic E-state index is 0.228. The van der Waals surface area contributed by atoms with Crippen molar-refractivity contribution in [2.24, 2.45) is 5.92 Å². The molecule has 2 rings (SSSR count). The Morgan fingerprint density at radius 2 is 2.05 bits per heavy atom. The van der Waals surface area contributed by atoms with Crippen LogP contribution >= 0.6 is 11.8 Å². The lowest BCUT2D eigenvalue weighted by Gasteiger charge is -2.24. The predicted molar refractivity (Wildman–Crippen MR) is 80.9 cm³/mol. The molecule has 0 aliphatic carbocycles. The van der Waals surface area contributed by atoms with Crippen LogP contribution in [-0.2, 0) is 14.3 Å². The standard InChI is InChI=1S/C16H22O3S/c1-16(2,3)19-15(17)14-12(9-10-18-14)11-20-13-7-5-4-6-8-13/h4-8,12,14H,9-11H2,1-3H3/t12-,14-/m1/s1. The normalized spacial score (nSPS) is 22.8. The maximum atomic E-state index is 12.1. The summed E-state index contributed by atoms with van der Waals surface area (Å²) in [5.74, 6) is 0.886. The smallest absolute Gasteiger partial charge is 0.336 e. The summed E-state index contributed by atoms with van der Waals surface area (Å²) in [6.45, 7) is 6.29. The number of ether oxygens (including phenoxy) is 2. The first-order valence-electron chi connectivity index (χ1n) is 6.98. The van der Waals surface area contributed by atoms with Crippen LogP contribution in [0.4, 0.5) is 0 Å². The van der Waals surface area contributed by atoms with E-state index in [1.54, 1.807) is 11.8 Å². The molecule has 0 unspecified atom stereocenters. The molecule has 1 saturated heterocycles. The number of rotatable bonds is 4. The first-order valence-corrected chi connectivity index (χ1v) is 7.96. The Morgan fingerprint density at radius 1 is 1.35 bits per heavy atom. The fraction of sp³-hybridized carbons (Fsp3) is 0.562. The molecule has 1 heterocycles. The third-order valence-corrected chi connectivity index (χ3v) is 4.26. The fourth-order valence-corrected chi connectivity index (χ4v) is 3.24. The van der Waals surface area contributed by atoms with Gasteiger partial charge < -0.3 is 9.47 Å². The molecule has 2 atom stereocenters. The number of esters is 1. The van der Waals surface area contributed by atoms with Crippen LogP contribution in [0.3, 0.4) is 0 Å². The topological polar surface area (TPSA) is 35.5 Å². The first kappa shape index (κ1) is 15.4. The van der Waals surface area contributed by atoms with Crippen LogP contribution in [0.1, 0.15) is 27.2 Å². The zero-order chi connectivity index (χ0) is 14.6. The van der Waals surface area contributed by atoms with Crippen molar-refractivity contribution in [3.8, 4) is 0 Å². The maximum Gasteiger partial charge on any atom is 0.336 e. The van der Waals surface area contributed by atoms with E-state index >= 15 is 0 Å². The molecule has 1 aromatic carbocycles. The molecule has 0 spiro atoms. The molecule has 4 heteroatoms. The van der Waals surface area contributed by atoms with Crippen LogP contribution in [0, 0.1) is 5.92 Å². The van der Waals surface area contributed by atoms with E-state index < -0.39 is 11.7 Å². The summed E-state index contributed by atoms with van der Waals surface area (Å²) >= 11 is 1.77. The van der Waals surface area contributed by atoms with E-state index in [0.717, 1.165) is 12.2 Å². The van der Waals surface area contributed by atoms with Gasteiger partial charge in [-0.15, -0.1) is 11.8 Å². The van der Waals surface area contributed by atoms with E-state index in [0.29, 0.717) is 6.61 Å². The molecule has 0 saturated carbocycles. The third kappa shape index (κ3) is 4.53. The second-order valence-corrected chi connectivity index (χ2v) is 7.09. The van der Waals surface area contributed by atoms with Crippen molar-refractivity contribution in [1.82, 2.24) is 0 Å². The van der Waals surface area contributed by atoms with Gasteiger partial charge in [-0.05, 0) is 39.3 Å². The Kier molecular flexibility index (Phi) is 5.11. The van der Waals surface area contributed by atoms with Gasteiger partial charge in [0.05, 0.1) is 0 Å². The van der Waals surface area contributed by atoms with E-state index in [2.05, 4.69) is 12.1 Å². The molecule has 0 aromatic heterocycles. The van der Waals surface area contributed by atoms with Crippen molar-refractivity contribution in [3.63, 3.8) is 0 Å². The van der Waals surface area contributed by atoms with Gasteiger partial charge in [0.15, 0.2) is 6.10 Å². The first-order chi connectivity index (χ1) is 9.46. The Labute approximate surface area is 125 Å². The van der Waals surface area contributed by atoms with Gasteiger partial charge in [0.25, 0.3) is 0 Å². The van der Waals surface area contributed by atoms with Crippen LogP contribution in [-0.4, -0.2) is 30.0 Å². The number of benzene rings is 1. The molecule has 0 amide bonds. The van der Waals surface area contributed by atoms with E-state index in [1.165, 1.54) is 4.90 Å². The average molecular weight is 294 g/mol. The summed E-state index contributed by atoms with van der Waals surface area (Å²) in [5, 5.41) is 0. The van der Waals surface area contributed by atoms with Crippen LogP contribution in [0.15, 0.2) is 35.2 Å². The Balaban J connectivity index is 1.89. The lowest BCUT2D eigenvalue weighted by Crippen LogP contribution is -2.35. The molecule has 0 radical (unpaired) electrons. The van der Waals surface area contributed by atoms with Gasteiger partial charge in [0.2, 0.25) is 0 Å². The van der Waals surface area contributed by atoms with Gasteiger partial charge in [0, 0.05) is 23.2 Å². The highest BCUT2D eigenvalue weighted by Crippen LogP contribution is 2.30. The quantitative estimate of drug-likeness (QED) is 0.628. The summed E-state index contributed by atoms with van der Waals surface area (Å²) in [7, 11) is 0. The molecule has 110 valence electrons. The van der Waals surface area contributed by atoms with E-state index in [-0.39, 0.29) is 11.9 Å². The van der Waals surface area contributed by atoms with E-state index in [1.807, 2.05) is 39.0 Å². The second kappa shape index (κ2) is 6.64. The molecular formula is C16H22O3S. The summed E-state index contributed by atoms with van der Waals surface area (Å²) < 4.78 is 11.0. The van der Waals surface area contributed by atoms with Crippen molar-refractivity contribution in [2.45, 2.75) is 43.8 Å². The second-order valence-electron chi connectivity index (χ2n) is 6.00. The van der Waals surface area contributed by atoms with Gasteiger partial charge >= 0.3 is 5.97 Å². The number of hydrogen-bond donors (Lipinski definition) is 0. The maximum absolute atomic E-state index is 12.1. The number of carbonyl (C=O) groups is 1. The van der Waals surface area contributed by atoms with Crippen molar-refractivity contribution in [3.05, 3.63) is 30.3 Å². The largest absolute Gasteiger partial charge is 0.458 e. The van der Waals surface area contributed by atoms with Crippen LogP contribution in [0.2, 0.25) is 0 Å². The van der Waals surface area contributed by atoms with Gasteiger partial charge in [-0.25, -0.2) is 4.79 Å². The zero-order valence-electron chi connectivity index (χ0n) is 12.3. The highest BCUT2D eigenvalue weighted by atomic mass is 32.2. The third-order valence-electron chi connectivity index (χ3n) is 3.06. The molecule has 1 fully saturated rings. The summed E-state index contributed by atoms with van der Waals surface area (Å²) in [5.41, 5.74) is -0.458. The van der Waals surface area contributed by atoms with Crippen LogP contribution < -0.4 is 0 Å². The average Bonchev–Trinajstić information content (AvgIpc) is 2.84. The molecular weight excluding hydrogens is 272 g/mol. The van der Waals surface area contributed by atoms with Gasteiger partial charge in [-0.2, -0.15) is 0 Å². The summed E-state index contributed by atoms with van der Waals surface area (Å²) in [6.07, 6.45) is 0.509. The molecule has 1 aliphatic heterocycles. The van der Waals surface area contributed by atoms with Crippen molar-refractivity contribution in [1.29, 1.82) is 0 Å². The summed E-state index contributed by atoms with van der Waals surface area (Å²) in [4.78, 5) is 13.4. The Morgan fingerprint density at radius 3 is 2.70 bits per heavy atom. The highest BCUT2D eigenvalue weighted by Gasteiger charge is 2.37. The molecule has 20 heavy (non-hydrogen) atoms. The molecule has 0 N–H and O–H groups in total. The molecule has 3 nitrogen and oxygen atoms in total. The van der Waals surface area contributed by atoms with Crippen LogP contribution in [0.25, 0.3) is 0 Å². The van der Waals surface area contributed by atoms with Crippen LogP contribution in [0.5, 0.6) is 0 Å². The molecule has 1 aliphatic rings. The lowest BCUT2D eigenvalue weighted by molar-refractivity contribution is -0.167. The minimum Gasteiger partial charge on any atom is -0.458 e. The summed E-state index contributed by atoms with van der Waals surface area (Å²) in [6, 6.07) is 10.2. The van der Waals surface area contributed by atoms with Crippen molar-refractivity contribution >= 4 is 17.7 Å². The zero-order valence-corrected chi connectivity index (χ0v) is 13.1. The van der Waals surface area contributed by atoms with Crippen molar-refractivity contribution < 1.29 is 14.3 Å². The Bertz CT molecular complexity index is 439. The number of carbonyl (C=O) groups excluding carboxylic acids is 1. The molecule has 0 bridgehead atoms. The SMILES string of the molecule is CC(C)(C)OC(=O)[C@@H]1OCC[C@@H]1CSc1ccccc1. The van der Waals surface area contributed by atoms with E-state index in [4.69, 9.17) is 9.47 Å².